The molecule has 1 atom stereocenters. The monoisotopic (exact) mass is 463 g/mol. The number of allylic oxidation sites excluding steroid dienone is 1. The van der Waals surface area contributed by atoms with Gasteiger partial charge in [-0.3, -0.25) is 9.59 Å². The molecule has 5 rings (SSSR count). The highest BCUT2D eigenvalue weighted by Gasteiger charge is 2.42. The number of fused-ring (bicyclic) bond motifs is 1. The summed E-state index contributed by atoms with van der Waals surface area (Å²) in [5.41, 5.74) is 3.65. The Hall–Kier alpha value is -2.60. The van der Waals surface area contributed by atoms with Crippen LogP contribution in [0.2, 0.25) is 0 Å². The van der Waals surface area contributed by atoms with Crippen molar-refractivity contribution in [2.24, 2.45) is 5.41 Å². The number of carbonyl (C=O) groups excluding carboxylic acids is 2. The molecule has 1 aromatic carbocycles. The molecule has 0 unspecified atom stereocenters. The van der Waals surface area contributed by atoms with Crippen molar-refractivity contribution in [1.82, 2.24) is 5.32 Å². The van der Waals surface area contributed by atoms with Crippen LogP contribution >= 0.6 is 11.3 Å². The maximum atomic E-state index is 13.6. The number of para-hydroxylation sites is 2. The van der Waals surface area contributed by atoms with Crippen molar-refractivity contribution in [3.05, 3.63) is 57.9 Å². The number of amides is 1. The van der Waals surface area contributed by atoms with Crippen LogP contribution in [0.1, 0.15) is 69.7 Å². The number of ketones is 1. The molecule has 2 N–H and O–H groups in total. The molecule has 1 fully saturated rings. The van der Waals surface area contributed by atoms with Crippen LogP contribution in [0.25, 0.3) is 0 Å². The molecule has 1 saturated carbocycles. The normalized spacial score (nSPS) is 22.8. The van der Waals surface area contributed by atoms with E-state index in [-0.39, 0.29) is 35.7 Å². The summed E-state index contributed by atoms with van der Waals surface area (Å²) in [5.74, 6) is 0.212. The molecule has 6 heteroatoms. The van der Waals surface area contributed by atoms with E-state index in [0.717, 1.165) is 46.8 Å². The van der Waals surface area contributed by atoms with E-state index >= 15 is 0 Å². The summed E-state index contributed by atoms with van der Waals surface area (Å²) in [6, 6.07) is 12.2. The molecule has 0 spiro atoms. The average Bonchev–Trinajstić information content (AvgIpc) is 3.26. The van der Waals surface area contributed by atoms with Gasteiger partial charge in [0.05, 0.1) is 24.0 Å². The predicted molar refractivity (Wildman–Crippen MR) is 135 cm³/mol. The molecule has 5 nitrogen and oxygen atoms in total. The van der Waals surface area contributed by atoms with E-state index in [1.807, 2.05) is 18.2 Å². The SMILES string of the molecule is CC1(C)CC(=O)C2=C(C1)Nc1ccccc1N(CC(=O)NC1CCCCC1)[C@@H]2c1cccs1. The maximum Gasteiger partial charge on any atom is 0.239 e. The van der Waals surface area contributed by atoms with Gasteiger partial charge in [-0.15, -0.1) is 11.3 Å². The van der Waals surface area contributed by atoms with Gasteiger partial charge in [0.25, 0.3) is 0 Å². The number of thiophene rings is 1. The zero-order valence-corrected chi connectivity index (χ0v) is 20.3. The summed E-state index contributed by atoms with van der Waals surface area (Å²) in [6.45, 7) is 4.54. The van der Waals surface area contributed by atoms with Gasteiger partial charge in [-0.1, -0.05) is 51.3 Å². The largest absolute Gasteiger partial charge is 0.357 e. The first-order valence-electron chi connectivity index (χ1n) is 12.1. The van der Waals surface area contributed by atoms with Crippen LogP contribution in [-0.4, -0.2) is 24.3 Å². The van der Waals surface area contributed by atoms with Crippen molar-refractivity contribution in [2.75, 3.05) is 16.8 Å². The number of nitrogens with zero attached hydrogens (tertiary/aromatic N) is 1. The van der Waals surface area contributed by atoms with Crippen molar-refractivity contribution in [3.63, 3.8) is 0 Å². The van der Waals surface area contributed by atoms with E-state index in [1.54, 1.807) is 11.3 Å². The third-order valence-electron chi connectivity index (χ3n) is 7.10. The van der Waals surface area contributed by atoms with Crippen molar-refractivity contribution >= 4 is 34.4 Å². The lowest BCUT2D eigenvalue weighted by molar-refractivity contribution is -0.121. The number of hydrogen-bond donors (Lipinski definition) is 2. The summed E-state index contributed by atoms with van der Waals surface area (Å²) in [7, 11) is 0. The van der Waals surface area contributed by atoms with E-state index in [0.29, 0.717) is 6.42 Å². The van der Waals surface area contributed by atoms with E-state index in [9.17, 15) is 9.59 Å². The van der Waals surface area contributed by atoms with Crippen LogP contribution in [-0.2, 0) is 9.59 Å². The third-order valence-corrected chi connectivity index (χ3v) is 8.03. The molecule has 1 amide bonds. The number of rotatable bonds is 4. The second-order valence-corrected chi connectivity index (χ2v) is 11.4. The first-order chi connectivity index (χ1) is 15.9. The minimum Gasteiger partial charge on any atom is -0.357 e. The summed E-state index contributed by atoms with van der Waals surface area (Å²) in [4.78, 5) is 30.1. The van der Waals surface area contributed by atoms with Gasteiger partial charge in [-0.05, 0) is 48.3 Å². The van der Waals surface area contributed by atoms with E-state index < -0.39 is 0 Å². The Morgan fingerprint density at radius 1 is 1.12 bits per heavy atom. The van der Waals surface area contributed by atoms with Crippen LogP contribution in [0.5, 0.6) is 0 Å². The number of carbonyl (C=O) groups is 2. The third kappa shape index (κ3) is 4.58. The summed E-state index contributed by atoms with van der Waals surface area (Å²) in [5, 5.41) is 8.95. The molecule has 174 valence electrons. The zero-order chi connectivity index (χ0) is 23.0. The lowest BCUT2D eigenvalue weighted by atomic mass is 9.74. The standard InChI is InChI=1S/C27H33N3O2S/c1-27(2)15-20-25(22(31)16-27)26(23-13-8-14-33-23)30(21-12-7-6-11-19(21)29-20)17-24(32)28-18-9-4-3-5-10-18/h6-8,11-14,18,26,29H,3-5,9-10,15-17H2,1-2H3,(H,28,32)/t26-/m1/s1. The second-order valence-electron chi connectivity index (χ2n) is 10.4. The molecule has 0 radical (unpaired) electrons. The first-order valence-corrected chi connectivity index (χ1v) is 13.0. The van der Waals surface area contributed by atoms with Crippen LogP contribution in [0.3, 0.4) is 0 Å². The van der Waals surface area contributed by atoms with Gasteiger partial charge in [0, 0.05) is 28.6 Å². The van der Waals surface area contributed by atoms with E-state index in [1.165, 1.54) is 19.3 Å². The minimum atomic E-state index is -0.267. The Labute approximate surface area is 200 Å². The van der Waals surface area contributed by atoms with Crippen LogP contribution in [0.15, 0.2) is 53.0 Å². The van der Waals surface area contributed by atoms with E-state index in [2.05, 4.69) is 53.0 Å². The molecule has 1 aromatic heterocycles. The molecule has 2 heterocycles. The number of anilines is 2. The summed E-state index contributed by atoms with van der Waals surface area (Å²) in [6.07, 6.45) is 7.06. The second kappa shape index (κ2) is 8.98. The van der Waals surface area contributed by atoms with Gasteiger partial charge < -0.3 is 15.5 Å². The number of benzene rings is 1. The predicted octanol–water partition coefficient (Wildman–Crippen LogP) is 5.81. The summed E-state index contributed by atoms with van der Waals surface area (Å²) >= 11 is 1.65. The smallest absolute Gasteiger partial charge is 0.239 e. The van der Waals surface area contributed by atoms with Gasteiger partial charge >= 0.3 is 0 Å². The molecular formula is C27H33N3O2S. The van der Waals surface area contributed by atoms with Crippen molar-refractivity contribution in [2.45, 2.75) is 70.9 Å². The van der Waals surface area contributed by atoms with Gasteiger partial charge in [0.1, 0.15) is 0 Å². The highest BCUT2D eigenvalue weighted by Crippen LogP contribution is 2.48. The summed E-state index contributed by atoms with van der Waals surface area (Å²) < 4.78 is 0. The maximum absolute atomic E-state index is 13.6. The quantitative estimate of drug-likeness (QED) is 0.600. The van der Waals surface area contributed by atoms with Gasteiger partial charge in [-0.25, -0.2) is 0 Å². The van der Waals surface area contributed by atoms with Gasteiger partial charge in [0.2, 0.25) is 5.91 Å². The number of hydrogen-bond acceptors (Lipinski definition) is 5. The Kier molecular flexibility index (Phi) is 6.04. The Morgan fingerprint density at radius 2 is 1.91 bits per heavy atom. The zero-order valence-electron chi connectivity index (χ0n) is 19.5. The fourth-order valence-corrected chi connectivity index (χ4v) is 6.49. The highest BCUT2D eigenvalue weighted by molar-refractivity contribution is 7.10. The molecule has 3 aliphatic rings. The van der Waals surface area contributed by atoms with Gasteiger partial charge in [-0.2, -0.15) is 0 Å². The Balaban J connectivity index is 1.57. The molecule has 33 heavy (non-hydrogen) atoms. The van der Waals surface area contributed by atoms with Crippen LogP contribution < -0.4 is 15.5 Å². The fraction of sp³-hybridized carbons (Fsp3) is 0.481. The highest BCUT2D eigenvalue weighted by atomic mass is 32.1. The molecule has 0 saturated heterocycles. The minimum absolute atomic E-state index is 0.0332. The van der Waals surface area contributed by atoms with Crippen LogP contribution in [0.4, 0.5) is 11.4 Å². The van der Waals surface area contributed by atoms with Gasteiger partial charge in [0.15, 0.2) is 5.78 Å². The Bertz CT molecular complexity index is 1070. The average molecular weight is 464 g/mol. The molecule has 0 bridgehead atoms. The lowest BCUT2D eigenvalue weighted by Gasteiger charge is -2.37. The lowest BCUT2D eigenvalue weighted by Crippen LogP contribution is -2.45. The van der Waals surface area contributed by atoms with E-state index in [4.69, 9.17) is 0 Å². The van der Waals surface area contributed by atoms with Crippen molar-refractivity contribution < 1.29 is 9.59 Å². The molecular weight excluding hydrogens is 430 g/mol. The first kappa shape index (κ1) is 22.2. The number of Topliss-reactive ketones (excluding diaryl/α,β-unsaturated/α-hetero) is 1. The molecule has 2 aromatic rings. The van der Waals surface area contributed by atoms with Crippen LogP contribution in [0, 0.1) is 5.41 Å². The fourth-order valence-electron chi connectivity index (χ4n) is 5.64. The Morgan fingerprint density at radius 3 is 2.67 bits per heavy atom. The topological polar surface area (TPSA) is 61.4 Å². The molecule has 2 aliphatic carbocycles. The number of nitrogens with one attached hydrogen (secondary N) is 2. The van der Waals surface area contributed by atoms with Crippen molar-refractivity contribution in [3.8, 4) is 0 Å². The molecule has 1 aliphatic heterocycles. The van der Waals surface area contributed by atoms with Crippen molar-refractivity contribution in [1.29, 1.82) is 0 Å².